The van der Waals surface area contributed by atoms with Gasteiger partial charge in [0.25, 0.3) is 0 Å². The van der Waals surface area contributed by atoms with E-state index in [-0.39, 0.29) is 17.3 Å². The van der Waals surface area contributed by atoms with Crippen LogP contribution in [0, 0.1) is 0 Å². The number of nitrogens with zero attached hydrogens (tertiary/aromatic N) is 1. The summed E-state index contributed by atoms with van der Waals surface area (Å²) < 4.78 is 0. The van der Waals surface area contributed by atoms with Crippen LogP contribution in [0.15, 0.2) is 24.5 Å². The molecule has 0 bridgehead atoms. The van der Waals surface area contributed by atoms with Gasteiger partial charge in [-0.05, 0) is 18.1 Å². The van der Waals surface area contributed by atoms with Gasteiger partial charge < -0.3 is 5.32 Å². The van der Waals surface area contributed by atoms with Crippen molar-refractivity contribution in [2.24, 2.45) is 0 Å². The first-order valence-electron chi connectivity index (χ1n) is 7.86. The van der Waals surface area contributed by atoms with Crippen LogP contribution in [0.3, 0.4) is 0 Å². The van der Waals surface area contributed by atoms with Gasteiger partial charge in [0.05, 0.1) is 11.4 Å². The maximum absolute atomic E-state index is 12.1. The fourth-order valence-corrected chi connectivity index (χ4v) is 3.63. The third-order valence-corrected chi connectivity index (χ3v) is 4.93. The van der Waals surface area contributed by atoms with Crippen LogP contribution >= 0.6 is 11.8 Å². The van der Waals surface area contributed by atoms with E-state index in [0.717, 1.165) is 24.3 Å². The van der Waals surface area contributed by atoms with Crippen LogP contribution in [0.25, 0.3) is 0 Å². The molecular formula is C16H25N3OS. The van der Waals surface area contributed by atoms with Crippen LogP contribution in [0.5, 0.6) is 0 Å². The zero-order valence-electron chi connectivity index (χ0n) is 12.7. The lowest BCUT2D eigenvalue weighted by atomic mass is 10.1. The Morgan fingerprint density at radius 1 is 1.43 bits per heavy atom. The van der Waals surface area contributed by atoms with Gasteiger partial charge in [-0.3, -0.25) is 15.1 Å². The van der Waals surface area contributed by atoms with E-state index in [9.17, 15) is 4.79 Å². The van der Waals surface area contributed by atoms with Gasteiger partial charge in [0, 0.05) is 24.7 Å². The Hall–Kier alpha value is -1.07. The van der Waals surface area contributed by atoms with Crippen LogP contribution in [-0.4, -0.2) is 29.2 Å². The number of carbonyl (C=O) groups excluding carboxylic acids is 1. The SMILES string of the molecule is CCCCCCCNC(=O)[C@@H]1CSC(c2cccnc2)N1. The van der Waals surface area contributed by atoms with E-state index in [1.165, 1.54) is 25.7 Å². The summed E-state index contributed by atoms with van der Waals surface area (Å²) in [5.74, 6) is 0.950. The van der Waals surface area contributed by atoms with Gasteiger partial charge in [-0.25, -0.2) is 0 Å². The molecule has 0 aliphatic carbocycles. The van der Waals surface area contributed by atoms with Gasteiger partial charge >= 0.3 is 0 Å². The smallest absolute Gasteiger partial charge is 0.238 e. The molecule has 1 aliphatic rings. The average molecular weight is 307 g/mol. The molecule has 5 heteroatoms. The Bertz CT molecular complexity index is 427. The van der Waals surface area contributed by atoms with E-state index in [1.807, 2.05) is 18.3 Å². The molecule has 1 aliphatic heterocycles. The molecule has 1 fully saturated rings. The molecule has 0 spiro atoms. The molecule has 1 saturated heterocycles. The first-order chi connectivity index (χ1) is 10.3. The number of aromatic nitrogens is 1. The summed E-state index contributed by atoms with van der Waals surface area (Å²) in [7, 11) is 0. The molecule has 2 heterocycles. The predicted octanol–water partition coefficient (Wildman–Crippen LogP) is 2.87. The number of pyridine rings is 1. The van der Waals surface area contributed by atoms with Crippen LogP contribution in [0.2, 0.25) is 0 Å². The first kappa shape index (κ1) is 16.3. The molecule has 2 rings (SSSR count). The summed E-state index contributed by atoms with van der Waals surface area (Å²) in [6.07, 6.45) is 9.74. The van der Waals surface area contributed by atoms with E-state index in [4.69, 9.17) is 0 Å². The van der Waals surface area contributed by atoms with Crippen molar-refractivity contribution in [3.8, 4) is 0 Å². The number of nitrogens with one attached hydrogen (secondary N) is 2. The van der Waals surface area contributed by atoms with Gasteiger partial charge in [0.1, 0.15) is 0 Å². The molecule has 0 aromatic carbocycles. The second-order valence-electron chi connectivity index (χ2n) is 5.42. The van der Waals surface area contributed by atoms with E-state index in [1.54, 1.807) is 18.0 Å². The number of unbranched alkanes of at least 4 members (excludes halogenated alkanes) is 4. The number of hydrogen-bond acceptors (Lipinski definition) is 4. The van der Waals surface area contributed by atoms with E-state index >= 15 is 0 Å². The van der Waals surface area contributed by atoms with E-state index in [0.29, 0.717) is 0 Å². The van der Waals surface area contributed by atoms with Gasteiger partial charge in [-0.15, -0.1) is 11.8 Å². The van der Waals surface area contributed by atoms with Gasteiger partial charge in [-0.2, -0.15) is 0 Å². The molecule has 1 amide bonds. The van der Waals surface area contributed by atoms with Crippen molar-refractivity contribution >= 4 is 17.7 Å². The Morgan fingerprint density at radius 2 is 2.29 bits per heavy atom. The third-order valence-electron chi connectivity index (χ3n) is 3.67. The minimum atomic E-state index is -0.0872. The highest BCUT2D eigenvalue weighted by Crippen LogP contribution is 2.32. The minimum Gasteiger partial charge on any atom is -0.355 e. The Morgan fingerprint density at radius 3 is 3.05 bits per heavy atom. The molecule has 1 aromatic heterocycles. The molecule has 0 radical (unpaired) electrons. The average Bonchev–Trinajstić information content (AvgIpc) is 3.01. The number of hydrogen-bond donors (Lipinski definition) is 2. The fourth-order valence-electron chi connectivity index (χ4n) is 2.41. The third kappa shape index (κ3) is 5.32. The molecule has 0 saturated carbocycles. The van der Waals surface area contributed by atoms with Crippen molar-refractivity contribution in [3.63, 3.8) is 0 Å². The second-order valence-corrected chi connectivity index (χ2v) is 6.56. The highest BCUT2D eigenvalue weighted by atomic mass is 32.2. The zero-order chi connectivity index (χ0) is 14.9. The largest absolute Gasteiger partial charge is 0.355 e. The fraction of sp³-hybridized carbons (Fsp3) is 0.625. The highest BCUT2D eigenvalue weighted by molar-refractivity contribution is 7.99. The van der Waals surface area contributed by atoms with Gasteiger partial charge in [0.2, 0.25) is 5.91 Å². The molecule has 2 N–H and O–H groups in total. The lowest BCUT2D eigenvalue weighted by Gasteiger charge is -2.13. The quantitative estimate of drug-likeness (QED) is 0.725. The van der Waals surface area contributed by atoms with Gasteiger partial charge in [-0.1, -0.05) is 38.7 Å². The molecule has 2 atom stereocenters. The zero-order valence-corrected chi connectivity index (χ0v) is 13.5. The topological polar surface area (TPSA) is 54.0 Å². The summed E-state index contributed by atoms with van der Waals surface area (Å²) in [5, 5.41) is 6.60. The normalized spacial score (nSPS) is 21.4. The maximum Gasteiger partial charge on any atom is 0.238 e. The number of amides is 1. The Kier molecular flexibility index (Phi) is 7.03. The predicted molar refractivity (Wildman–Crippen MR) is 88.1 cm³/mol. The second kappa shape index (κ2) is 9.05. The summed E-state index contributed by atoms with van der Waals surface area (Å²) in [6, 6.07) is 3.89. The van der Waals surface area contributed by atoms with Crippen molar-refractivity contribution in [2.45, 2.75) is 50.4 Å². The number of thioether (sulfide) groups is 1. The van der Waals surface area contributed by atoms with Crippen LogP contribution in [0.4, 0.5) is 0 Å². The molecular weight excluding hydrogens is 282 g/mol. The first-order valence-corrected chi connectivity index (χ1v) is 8.91. The molecule has 4 nitrogen and oxygen atoms in total. The van der Waals surface area contributed by atoms with Crippen molar-refractivity contribution in [2.75, 3.05) is 12.3 Å². The monoisotopic (exact) mass is 307 g/mol. The Labute approximate surface area is 131 Å². The highest BCUT2D eigenvalue weighted by Gasteiger charge is 2.30. The summed E-state index contributed by atoms with van der Waals surface area (Å²) in [6.45, 7) is 3.01. The standard InChI is InChI=1S/C16H25N3OS/c1-2-3-4-5-6-10-18-15(20)14-12-21-16(19-14)13-8-7-9-17-11-13/h7-9,11,14,16,19H,2-6,10,12H2,1H3,(H,18,20)/t14-,16?/m0/s1. The van der Waals surface area contributed by atoms with Crippen LogP contribution in [0.1, 0.15) is 50.0 Å². The van der Waals surface area contributed by atoms with E-state index < -0.39 is 0 Å². The summed E-state index contributed by atoms with van der Waals surface area (Å²) in [5.41, 5.74) is 1.14. The minimum absolute atomic E-state index is 0.0872. The van der Waals surface area contributed by atoms with Crippen LogP contribution in [-0.2, 0) is 4.79 Å². The summed E-state index contributed by atoms with van der Waals surface area (Å²) >= 11 is 1.77. The van der Waals surface area contributed by atoms with Crippen molar-refractivity contribution < 1.29 is 4.79 Å². The molecule has 21 heavy (non-hydrogen) atoms. The maximum atomic E-state index is 12.1. The van der Waals surface area contributed by atoms with Crippen LogP contribution < -0.4 is 10.6 Å². The number of carbonyl (C=O) groups is 1. The van der Waals surface area contributed by atoms with Crippen molar-refractivity contribution in [1.82, 2.24) is 15.6 Å². The molecule has 1 unspecified atom stereocenters. The molecule has 1 aromatic rings. The van der Waals surface area contributed by atoms with Crippen molar-refractivity contribution in [3.05, 3.63) is 30.1 Å². The summed E-state index contributed by atoms with van der Waals surface area (Å²) in [4.78, 5) is 16.2. The molecule has 116 valence electrons. The van der Waals surface area contributed by atoms with Gasteiger partial charge in [0.15, 0.2) is 0 Å². The number of rotatable bonds is 8. The van der Waals surface area contributed by atoms with Crippen molar-refractivity contribution in [1.29, 1.82) is 0 Å². The lowest BCUT2D eigenvalue weighted by Crippen LogP contribution is -2.42. The van der Waals surface area contributed by atoms with E-state index in [2.05, 4.69) is 22.5 Å². The Balaban J connectivity index is 1.66. The lowest BCUT2D eigenvalue weighted by molar-refractivity contribution is -0.122.